The van der Waals surface area contributed by atoms with Crippen LogP contribution in [0.4, 0.5) is 30.4 Å². The van der Waals surface area contributed by atoms with Gasteiger partial charge in [-0.1, -0.05) is 6.92 Å². The van der Waals surface area contributed by atoms with Crippen LogP contribution in [-0.2, 0) is 10.9 Å². The Balaban J connectivity index is 1.56. The highest BCUT2D eigenvalue weighted by Crippen LogP contribution is 2.39. The van der Waals surface area contributed by atoms with Crippen LogP contribution in [-0.4, -0.2) is 37.3 Å². The maximum absolute atomic E-state index is 13.2. The summed E-state index contributed by atoms with van der Waals surface area (Å²) in [6.07, 6.45) is -0.974. The average Bonchev–Trinajstić information content (AvgIpc) is 2.74. The van der Waals surface area contributed by atoms with Gasteiger partial charge in [0.1, 0.15) is 5.82 Å². The number of ether oxygens (including phenoxy) is 1. The minimum Gasteiger partial charge on any atom is -0.382 e. The van der Waals surface area contributed by atoms with Crippen molar-refractivity contribution in [1.29, 1.82) is 0 Å². The number of aromatic nitrogens is 1. The quantitative estimate of drug-likeness (QED) is 0.772. The summed E-state index contributed by atoms with van der Waals surface area (Å²) in [6.45, 7) is 5.12. The number of nitrogens with zero attached hydrogens (tertiary/aromatic N) is 2. The number of nitrogens with one attached hydrogen (secondary N) is 2. The van der Waals surface area contributed by atoms with Gasteiger partial charge in [-0.25, -0.2) is 4.98 Å². The second-order valence-corrected chi connectivity index (χ2v) is 7.48. The predicted molar refractivity (Wildman–Crippen MR) is 107 cm³/mol. The lowest BCUT2D eigenvalue weighted by atomic mass is 9.90. The molecule has 4 rings (SSSR count). The Hall–Kier alpha value is -2.48. The molecule has 1 aromatic heterocycles. The van der Waals surface area contributed by atoms with Crippen molar-refractivity contribution in [2.75, 3.05) is 41.8 Å². The normalized spacial score (nSPS) is 22.0. The average molecular weight is 406 g/mol. The number of pyridine rings is 1. The highest BCUT2D eigenvalue weighted by molar-refractivity contribution is 5.60. The zero-order valence-corrected chi connectivity index (χ0v) is 16.3. The highest BCUT2D eigenvalue weighted by Gasteiger charge is 2.34. The number of rotatable bonds is 4. The number of benzene rings is 1. The Kier molecular flexibility index (Phi) is 5.54. The Morgan fingerprint density at radius 2 is 2.00 bits per heavy atom. The predicted octanol–water partition coefficient (Wildman–Crippen LogP) is 4.68. The van der Waals surface area contributed by atoms with E-state index in [9.17, 15) is 13.2 Å². The third-order valence-corrected chi connectivity index (χ3v) is 5.57. The third-order valence-electron chi connectivity index (χ3n) is 5.57. The van der Waals surface area contributed by atoms with E-state index in [0.29, 0.717) is 31.0 Å². The molecule has 2 atom stereocenters. The Morgan fingerprint density at radius 1 is 1.21 bits per heavy atom. The van der Waals surface area contributed by atoms with E-state index in [4.69, 9.17) is 4.74 Å². The van der Waals surface area contributed by atoms with Crippen molar-refractivity contribution in [2.24, 2.45) is 0 Å². The number of hydrogen-bond donors (Lipinski definition) is 2. The molecule has 1 saturated heterocycles. The molecule has 2 N–H and O–H groups in total. The van der Waals surface area contributed by atoms with Gasteiger partial charge in [-0.3, -0.25) is 0 Å². The molecule has 3 heterocycles. The van der Waals surface area contributed by atoms with E-state index in [1.165, 1.54) is 12.1 Å². The molecule has 1 aromatic carbocycles. The monoisotopic (exact) mass is 406 g/mol. The van der Waals surface area contributed by atoms with Crippen LogP contribution in [0.15, 0.2) is 36.5 Å². The van der Waals surface area contributed by atoms with Gasteiger partial charge >= 0.3 is 6.18 Å². The topological polar surface area (TPSA) is 49.4 Å². The Morgan fingerprint density at radius 3 is 2.66 bits per heavy atom. The summed E-state index contributed by atoms with van der Waals surface area (Å²) in [4.78, 5) is 6.72. The van der Waals surface area contributed by atoms with Gasteiger partial charge in [-0.15, -0.1) is 0 Å². The van der Waals surface area contributed by atoms with Crippen molar-refractivity contribution in [3.8, 4) is 0 Å². The van der Waals surface area contributed by atoms with E-state index < -0.39 is 11.7 Å². The Labute approximate surface area is 168 Å². The Bertz CT molecular complexity index is 835. The smallest absolute Gasteiger partial charge is 0.382 e. The maximum Gasteiger partial charge on any atom is 0.416 e. The van der Waals surface area contributed by atoms with Gasteiger partial charge in [0.2, 0.25) is 0 Å². The maximum atomic E-state index is 13.2. The lowest BCUT2D eigenvalue weighted by Gasteiger charge is -2.34. The molecule has 0 bridgehead atoms. The molecule has 2 aromatic rings. The highest BCUT2D eigenvalue weighted by atomic mass is 19.4. The van der Waals surface area contributed by atoms with Crippen molar-refractivity contribution >= 4 is 17.2 Å². The van der Waals surface area contributed by atoms with Crippen LogP contribution < -0.4 is 15.5 Å². The fraction of sp³-hybridized carbons (Fsp3) is 0.476. The number of morpholine rings is 1. The van der Waals surface area contributed by atoms with Crippen LogP contribution in [0, 0.1) is 0 Å². The van der Waals surface area contributed by atoms with Gasteiger partial charge in [-0.2, -0.15) is 13.2 Å². The lowest BCUT2D eigenvalue weighted by Crippen LogP contribution is -2.36. The van der Waals surface area contributed by atoms with E-state index in [1.54, 1.807) is 6.20 Å². The summed E-state index contributed by atoms with van der Waals surface area (Å²) >= 11 is 0. The summed E-state index contributed by atoms with van der Waals surface area (Å²) in [5, 5.41) is 6.70. The summed E-state index contributed by atoms with van der Waals surface area (Å²) in [5.74, 6) is 0.659. The van der Waals surface area contributed by atoms with Crippen LogP contribution in [0.1, 0.15) is 36.9 Å². The van der Waals surface area contributed by atoms with Crippen molar-refractivity contribution in [2.45, 2.75) is 38.0 Å². The van der Waals surface area contributed by atoms with Gasteiger partial charge in [0.15, 0.2) is 0 Å². The van der Waals surface area contributed by atoms with Crippen LogP contribution in [0.25, 0.3) is 0 Å². The fourth-order valence-corrected chi connectivity index (χ4v) is 3.91. The van der Waals surface area contributed by atoms with E-state index in [0.717, 1.165) is 37.0 Å². The van der Waals surface area contributed by atoms with Crippen molar-refractivity contribution in [3.63, 3.8) is 0 Å². The van der Waals surface area contributed by atoms with Crippen LogP contribution in [0.2, 0.25) is 0 Å². The molecular formula is C21H25F3N4O. The summed E-state index contributed by atoms with van der Waals surface area (Å²) in [6, 6.07) is 7.76. The molecule has 0 amide bonds. The molecule has 8 heteroatoms. The number of alkyl halides is 3. The third kappa shape index (κ3) is 4.42. The minimum atomic E-state index is -4.36. The first kappa shape index (κ1) is 19.8. The number of anilines is 3. The molecule has 0 spiro atoms. The van der Waals surface area contributed by atoms with Gasteiger partial charge in [0, 0.05) is 24.8 Å². The summed E-state index contributed by atoms with van der Waals surface area (Å²) < 4.78 is 45.0. The first-order valence-corrected chi connectivity index (χ1v) is 9.97. The molecule has 0 saturated carbocycles. The van der Waals surface area contributed by atoms with Crippen LogP contribution in [0.5, 0.6) is 0 Å². The second kappa shape index (κ2) is 8.10. The second-order valence-electron chi connectivity index (χ2n) is 7.48. The van der Waals surface area contributed by atoms with E-state index >= 15 is 0 Å². The van der Waals surface area contributed by atoms with Gasteiger partial charge < -0.3 is 20.3 Å². The standard InChI is InChI=1S/C21H25F3N4O/c1-2-15-12-19(17-11-14(21(22,23)24)3-5-18(17)26-15)27-20-6-4-16(13-25-20)28-7-9-29-10-8-28/h3-6,11,13,15,19,26H,2,7-10,12H2,1H3,(H,25,27)/t15-,19+/m1/s1. The first-order valence-electron chi connectivity index (χ1n) is 9.97. The fourth-order valence-electron chi connectivity index (χ4n) is 3.91. The van der Waals surface area contributed by atoms with E-state index in [2.05, 4.69) is 27.4 Å². The van der Waals surface area contributed by atoms with E-state index in [-0.39, 0.29) is 12.1 Å². The summed E-state index contributed by atoms with van der Waals surface area (Å²) in [7, 11) is 0. The molecule has 2 aliphatic heterocycles. The largest absolute Gasteiger partial charge is 0.416 e. The molecule has 1 fully saturated rings. The molecule has 29 heavy (non-hydrogen) atoms. The zero-order chi connectivity index (χ0) is 20.4. The molecule has 0 radical (unpaired) electrons. The van der Waals surface area contributed by atoms with Gasteiger partial charge in [0.25, 0.3) is 0 Å². The molecule has 0 aliphatic carbocycles. The lowest BCUT2D eigenvalue weighted by molar-refractivity contribution is -0.137. The molecule has 2 aliphatic rings. The summed E-state index contributed by atoms with van der Waals surface area (Å²) in [5.41, 5.74) is 1.77. The number of halogens is 3. The van der Waals surface area contributed by atoms with Crippen LogP contribution >= 0.6 is 0 Å². The van der Waals surface area contributed by atoms with Crippen molar-refractivity contribution < 1.29 is 17.9 Å². The van der Waals surface area contributed by atoms with Crippen LogP contribution in [0.3, 0.4) is 0 Å². The molecule has 5 nitrogen and oxygen atoms in total. The van der Waals surface area contributed by atoms with Gasteiger partial charge in [0.05, 0.1) is 36.7 Å². The number of fused-ring (bicyclic) bond motifs is 1. The van der Waals surface area contributed by atoms with Crippen molar-refractivity contribution in [1.82, 2.24) is 4.98 Å². The first-order chi connectivity index (χ1) is 13.9. The molecular weight excluding hydrogens is 381 g/mol. The SMILES string of the molecule is CC[C@@H]1C[C@H](Nc2ccc(N3CCOCC3)cn2)c2cc(C(F)(F)F)ccc2N1. The van der Waals surface area contributed by atoms with Crippen molar-refractivity contribution in [3.05, 3.63) is 47.7 Å². The van der Waals surface area contributed by atoms with E-state index in [1.807, 2.05) is 12.1 Å². The van der Waals surface area contributed by atoms with Gasteiger partial charge in [-0.05, 0) is 48.7 Å². The number of hydrogen-bond acceptors (Lipinski definition) is 5. The molecule has 156 valence electrons. The molecule has 0 unspecified atom stereocenters. The zero-order valence-electron chi connectivity index (χ0n) is 16.3. The minimum absolute atomic E-state index is 0.198.